The molecular weight excluding hydrogens is 261 g/mol. The van der Waals surface area contributed by atoms with Crippen LogP contribution in [0.15, 0.2) is 12.3 Å². The molecule has 1 saturated carbocycles. The highest BCUT2D eigenvalue weighted by Crippen LogP contribution is 2.49. The van der Waals surface area contributed by atoms with Gasteiger partial charge in [-0.15, -0.1) is 0 Å². The van der Waals surface area contributed by atoms with Crippen LogP contribution in [0.3, 0.4) is 0 Å². The van der Waals surface area contributed by atoms with Crippen molar-refractivity contribution in [2.75, 3.05) is 13.7 Å². The Kier molecular flexibility index (Phi) is 3.71. The summed E-state index contributed by atoms with van der Waals surface area (Å²) in [6.07, 6.45) is 3.50. The predicted octanol–water partition coefficient (Wildman–Crippen LogP) is 2.60. The average molecular weight is 274 g/mol. The number of carbonyl (C=O) groups is 1. The third kappa shape index (κ3) is 3.10. The van der Waals surface area contributed by atoms with Crippen molar-refractivity contribution in [3.8, 4) is 5.75 Å². The van der Waals surface area contributed by atoms with Crippen LogP contribution in [-0.2, 0) is 9.53 Å². The molecule has 4 nitrogen and oxygen atoms in total. The summed E-state index contributed by atoms with van der Waals surface area (Å²) in [6, 6.07) is 1.18. The largest absolute Gasteiger partial charge is 0.491 e. The number of hydrogen-bond donors (Lipinski definition) is 0. The van der Waals surface area contributed by atoms with E-state index in [9.17, 15) is 9.18 Å². The van der Waals surface area contributed by atoms with Crippen molar-refractivity contribution < 1.29 is 18.7 Å². The Morgan fingerprint density at radius 3 is 2.89 bits per heavy atom. The Labute approximate surface area is 109 Å². The molecule has 0 saturated heterocycles. The minimum atomic E-state index is -0.619. The Morgan fingerprint density at radius 1 is 1.61 bits per heavy atom. The Hall–Kier alpha value is -1.36. The van der Waals surface area contributed by atoms with Gasteiger partial charge in [0.25, 0.3) is 0 Å². The van der Waals surface area contributed by atoms with E-state index in [1.165, 1.54) is 19.4 Å². The molecule has 0 aliphatic heterocycles. The SMILES string of the molecule is COC(=O)CC1(COc2cnc(Cl)c(F)c2)CC1. The second-order valence-electron chi connectivity index (χ2n) is 4.49. The highest BCUT2D eigenvalue weighted by molar-refractivity contribution is 6.29. The molecule has 98 valence electrons. The van der Waals surface area contributed by atoms with Crippen LogP contribution in [0.4, 0.5) is 4.39 Å². The van der Waals surface area contributed by atoms with E-state index in [4.69, 9.17) is 16.3 Å². The van der Waals surface area contributed by atoms with Crippen LogP contribution in [0.25, 0.3) is 0 Å². The van der Waals surface area contributed by atoms with E-state index in [2.05, 4.69) is 9.72 Å². The highest BCUT2D eigenvalue weighted by Gasteiger charge is 2.45. The lowest BCUT2D eigenvalue weighted by Gasteiger charge is -2.14. The molecule has 0 aromatic carbocycles. The minimum absolute atomic E-state index is 0.163. The third-order valence-electron chi connectivity index (χ3n) is 3.02. The van der Waals surface area contributed by atoms with Crippen LogP contribution in [0.1, 0.15) is 19.3 Å². The summed E-state index contributed by atoms with van der Waals surface area (Å²) in [7, 11) is 1.36. The van der Waals surface area contributed by atoms with E-state index in [1.807, 2.05) is 0 Å². The number of methoxy groups -OCH3 is 1. The average Bonchev–Trinajstić information content (AvgIpc) is 3.11. The second kappa shape index (κ2) is 5.10. The number of aromatic nitrogens is 1. The first-order valence-corrected chi connectivity index (χ1v) is 5.93. The van der Waals surface area contributed by atoms with E-state index in [-0.39, 0.29) is 16.5 Å². The van der Waals surface area contributed by atoms with Gasteiger partial charge in [0.15, 0.2) is 11.0 Å². The van der Waals surface area contributed by atoms with E-state index >= 15 is 0 Å². The molecule has 1 aromatic rings. The number of esters is 1. The number of nitrogens with zero attached hydrogens (tertiary/aromatic N) is 1. The maximum absolute atomic E-state index is 13.1. The minimum Gasteiger partial charge on any atom is -0.491 e. The van der Waals surface area contributed by atoms with Gasteiger partial charge >= 0.3 is 5.97 Å². The van der Waals surface area contributed by atoms with Crippen LogP contribution >= 0.6 is 11.6 Å². The number of halogens is 2. The van der Waals surface area contributed by atoms with Gasteiger partial charge in [-0.3, -0.25) is 4.79 Å². The zero-order valence-electron chi connectivity index (χ0n) is 9.91. The molecule has 0 spiro atoms. The number of rotatable bonds is 5. The maximum atomic E-state index is 13.1. The summed E-state index contributed by atoms with van der Waals surface area (Å²) in [4.78, 5) is 14.9. The summed E-state index contributed by atoms with van der Waals surface area (Å²) in [6.45, 7) is 0.352. The van der Waals surface area contributed by atoms with Gasteiger partial charge in [-0.25, -0.2) is 9.37 Å². The Bertz CT molecular complexity index is 463. The van der Waals surface area contributed by atoms with Crippen molar-refractivity contribution in [2.24, 2.45) is 5.41 Å². The smallest absolute Gasteiger partial charge is 0.306 e. The maximum Gasteiger partial charge on any atom is 0.306 e. The van der Waals surface area contributed by atoms with E-state index < -0.39 is 5.82 Å². The van der Waals surface area contributed by atoms with E-state index in [0.717, 1.165) is 12.8 Å². The third-order valence-corrected chi connectivity index (χ3v) is 3.30. The lowest BCUT2D eigenvalue weighted by Crippen LogP contribution is -2.18. The van der Waals surface area contributed by atoms with Crippen molar-refractivity contribution in [2.45, 2.75) is 19.3 Å². The van der Waals surface area contributed by atoms with Crippen molar-refractivity contribution in [3.63, 3.8) is 0 Å². The van der Waals surface area contributed by atoms with Crippen LogP contribution in [0.5, 0.6) is 5.75 Å². The standard InChI is InChI=1S/C12H13ClFNO3/c1-17-10(16)5-12(2-3-12)7-18-8-4-9(14)11(13)15-6-8/h4,6H,2-3,5,7H2,1H3. The van der Waals surface area contributed by atoms with E-state index in [1.54, 1.807) is 0 Å². The second-order valence-corrected chi connectivity index (χ2v) is 4.84. The molecule has 1 heterocycles. The van der Waals surface area contributed by atoms with Gasteiger partial charge in [0.05, 0.1) is 26.3 Å². The number of ether oxygens (including phenoxy) is 2. The number of pyridine rings is 1. The summed E-state index contributed by atoms with van der Waals surface area (Å²) in [5, 5.41) is -0.182. The Morgan fingerprint density at radius 2 is 2.33 bits per heavy atom. The lowest BCUT2D eigenvalue weighted by atomic mass is 10.0. The monoisotopic (exact) mass is 273 g/mol. The summed E-state index contributed by atoms with van der Waals surface area (Å²) < 4.78 is 23.2. The molecule has 1 aliphatic carbocycles. The van der Waals surface area contributed by atoms with E-state index in [0.29, 0.717) is 18.8 Å². The normalized spacial score (nSPS) is 16.2. The van der Waals surface area contributed by atoms with Crippen LogP contribution < -0.4 is 4.74 Å². The number of hydrogen-bond acceptors (Lipinski definition) is 4. The van der Waals surface area contributed by atoms with Crippen molar-refractivity contribution >= 4 is 17.6 Å². The molecule has 2 rings (SSSR count). The molecule has 18 heavy (non-hydrogen) atoms. The van der Waals surface area contributed by atoms with Gasteiger partial charge in [-0.2, -0.15) is 0 Å². The fourth-order valence-electron chi connectivity index (χ4n) is 1.65. The first-order valence-electron chi connectivity index (χ1n) is 5.55. The van der Waals surface area contributed by atoms with Gasteiger partial charge in [0.2, 0.25) is 0 Å². The zero-order chi connectivity index (χ0) is 13.2. The van der Waals surface area contributed by atoms with Crippen molar-refractivity contribution in [1.82, 2.24) is 4.98 Å². The molecule has 0 amide bonds. The quantitative estimate of drug-likeness (QED) is 0.611. The zero-order valence-corrected chi connectivity index (χ0v) is 10.7. The number of carbonyl (C=O) groups excluding carboxylic acids is 1. The van der Waals surface area contributed by atoms with Crippen LogP contribution in [-0.4, -0.2) is 24.7 Å². The fourth-order valence-corrected chi connectivity index (χ4v) is 1.75. The molecule has 1 aromatic heterocycles. The van der Waals surface area contributed by atoms with Crippen LogP contribution in [0.2, 0.25) is 5.15 Å². The molecule has 6 heteroatoms. The van der Waals surface area contributed by atoms with Gasteiger partial charge < -0.3 is 9.47 Å². The van der Waals surface area contributed by atoms with Crippen molar-refractivity contribution in [1.29, 1.82) is 0 Å². The molecule has 0 bridgehead atoms. The molecule has 1 fully saturated rings. The summed E-state index contributed by atoms with van der Waals surface area (Å²) >= 11 is 5.47. The summed E-state index contributed by atoms with van der Waals surface area (Å²) in [5.41, 5.74) is -0.163. The van der Waals surface area contributed by atoms with Crippen molar-refractivity contribution in [3.05, 3.63) is 23.2 Å². The van der Waals surface area contributed by atoms with Gasteiger partial charge in [-0.1, -0.05) is 11.6 Å². The van der Waals surface area contributed by atoms with Gasteiger partial charge in [-0.05, 0) is 12.8 Å². The predicted molar refractivity (Wildman–Crippen MR) is 63.0 cm³/mol. The molecule has 0 unspecified atom stereocenters. The molecule has 0 radical (unpaired) electrons. The first-order chi connectivity index (χ1) is 8.54. The molecule has 0 atom stereocenters. The lowest BCUT2D eigenvalue weighted by molar-refractivity contribution is -0.142. The highest BCUT2D eigenvalue weighted by atomic mass is 35.5. The molecule has 0 N–H and O–H groups in total. The Balaban J connectivity index is 1.91. The summed E-state index contributed by atoms with van der Waals surface area (Å²) in [5.74, 6) is -0.559. The van der Waals surface area contributed by atoms with Gasteiger partial charge in [0, 0.05) is 11.5 Å². The first kappa shape index (κ1) is 13.1. The fraction of sp³-hybridized carbons (Fsp3) is 0.500. The van der Waals surface area contributed by atoms with Crippen LogP contribution in [0, 0.1) is 11.2 Å². The molecule has 1 aliphatic rings. The molecular formula is C12H13ClFNO3. The van der Waals surface area contributed by atoms with Gasteiger partial charge in [0.1, 0.15) is 5.75 Å². The topological polar surface area (TPSA) is 48.4 Å².